The largest absolute Gasteiger partial charge is 0.0996 e. The van der Waals surface area contributed by atoms with E-state index in [0.717, 1.165) is 5.92 Å². The van der Waals surface area contributed by atoms with E-state index in [1.807, 2.05) is 0 Å². The Labute approximate surface area is 162 Å². The molecule has 0 nitrogen and oxygen atoms in total. The van der Waals surface area contributed by atoms with Gasteiger partial charge in [0.05, 0.1) is 0 Å². The fraction of sp³-hybridized carbons (Fsp3) is 0.920. The molecule has 0 radical (unpaired) electrons. The Morgan fingerprint density at radius 2 is 0.960 bits per heavy atom. The lowest BCUT2D eigenvalue weighted by Crippen LogP contribution is -2.04. The first-order valence-corrected chi connectivity index (χ1v) is 11.8. The van der Waals surface area contributed by atoms with Gasteiger partial charge in [-0.15, -0.1) is 0 Å². The van der Waals surface area contributed by atoms with Crippen molar-refractivity contribution < 1.29 is 0 Å². The minimum atomic E-state index is 0.816. The first-order chi connectivity index (χ1) is 12.2. The molecule has 25 heavy (non-hydrogen) atoms. The Morgan fingerprint density at radius 3 is 1.48 bits per heavy atom. The van der Waals surface area contributed by atoms with Crippen molar-refractivity contribution in [2.45, 2.75) is 144 Å². The van der Waals surface area contributed by atoms with Crippen molar-refractivity contribution in [2.24, 2.45) is 5.92 Å². The minimum Gasteiger partial charge on any atom is -0.0996 e. The molecule has 1 atom stereocenters. The average molecular weight is 353 g/mol. The summed E-state index contributed by atoms with van der Waals surface area (Å²) in [6.45, 7) is 15.6. The Kier molecular flexibility index (Phi) is 25.6. The van der Waals surface area contributed by atoms with E-state index in [2.05, 4.69) is 41.2 Å². The molecule has 0 saturated carbocycles. The van der Waals surface area contributed by atoms with Gasteiger partial charge in [0.2, 0.25) is 0 Å². The zero-order valence-electron chi connectivity index (χ0n) is 18.8. The second-order valence-electron chi connectivity index (χ2n) is 7.93. The fourth-order valence-corrected chi connectivity index (χ4v) is 3.33. The molecule has 0 aliphatic heterocycles. The molecule has 0 aliphatic carbocycles. The minimum absolute atomic E-state index is 0.816. The van der Waals surface area contributed by atoms with E-state index in [1.54, 1.807) is 5.57 Å². The summed E-state index contributed by atoms with van der Waals surface area (Å²) in [7, 11) is 0. The van der Waals surface area contributed by atoms with Crippen LogP contribution in [0.3, 0.4) is 0 Å². The maximum absolute atomic E-state index is 4.44. The lowest BCUT2D eigenvalue weighted by atomic mass is 9.86. The molecule has 0 saturated heterocycles. The van der Waals surface area contributed by atoms with E-state index in [-0.39, 0.29) is 0 Å². The summed E-state index contributed by atoms with van der Waals surface area (Å²) in [5.41, 5.74) is 1.57. The van der Waals surface area contributed by atoms with Crippen LogP contribution in [0.1, 0.15) is 144 Å². The molecule has 0 aromatic carbocycles. The molecule has 0 amide bonds. The van der Waals surface area contributed by atoms with Crippen LogP contribution in [0.2, 0.25) is 0 Å². The number of rotatable bonds is 17. The molecule has 152 valence electrons. The molecule has 1 unspecified atom stereocenters. The molecule has 0 bridgehead atoms. The van der Waals surface area contributed by atoms with E-state index in [0.29, 0.717) is 0 Å². The maximum atomic E-state index is 4.44. The Morgan fingerprint density at radius 1 is 0.560 bits per heavy atom. The third-order valence-corrected chi connectivity index (χ3v) is 4.99. The van der Waals surface area contributed by atoms with Gasteiger partial charge < -0.3 is 0 Å². The molecule has 0 heteroatoms. The summed E-state index contributed by atoms with van der Waals surface area (Å²) in [5, 5.41) is 0. The molecule has 0 aromatic heterocycles. The predicted octanol–water partition coefficient (Wildman–Crippen LogP) is 9.88. The van der Waals surface area contributed by atoms with Gasteiger partial charge in [0.25, 0.3) is 0 Å². The smallest absolute Gasteiger partial charge is 0.0206 e. The molecule has 0 heterocycles. The normalized spacial score (nSPS) is 11.7. The Balaban J connectivity index is 0. The number of hydrogen-bond acceptors (Lipinski definition) is 0. The summed E-state index contributed by atoms with van der Waals surface area (Å²) in [5.74, 6) is 0.816. The van der Waals surface area contributed by atoms with Gasteiger partial charge >= 0.3 is 0 Å². The molecule has 0 aromatic rings. The van der Waals surface area contributed by atoms with Crippen molar-refractivity contribution in [2.75, 3.05) is 0 Å². The molecule has 0 N–H and O–H groups in total. The van der Waals surface area contributed by atoms with Gasteiger partial charge in [-0.1, -0.05) is 130 Å². The second-order valence-corrected chi connectivity index (χ2v) is 7.93. The van der Waals surface area contributed by atoms with Crippen molar-refractivity contribution >= 4 is 0 Å². The predicted molar refractivity (Wildman–Crippen MR) is 119 cm³/mol. The number of hydrogen-bond donors (Lipinski definition) is 0. The van der Waals surface area contributed by atoms with Crippen LogP contribution >= 0.6 is 0 Å². The van der Waals surface area contributed by atoms with Crippen molar-refractivity contribution in [1.29, 1.82) is 0 Å². The third kappa shape index (κ3) is 21.7. The monoisotopic (exact) mass is 352 g/mol. The van der Waals surface area contributed by atoms with E-state index in [4.69, 9.17) is 0 Å². The topological polar surface area (TPSA) is 0 Å². The second kappa shape index (κ2) is 23.7. The van der Waals surface area contributed by atoms with Crippen molar-refractivity contribution in [3.8, 4) is 0 Å². The summed E-state index contributed by atoms with van der Waals surface area (Å²) >= 11 is 0. The first kappa shape index (κ1) is 27.0. The van der Waals surface area contributed by atoms with Gasteiger partial charge in [0.1, 0.15) is 0 Å². The molecule has 0 aliphatic rings. The molecule has 0 fully saturated rings. The van der Waals surface area contributed by atoms with Gasteiger partial charge in [0, 0.05) is 0 Å². The number of unbranched alkanes of at least 4 members (excludes halogenated alkanes) is 10. The van der Waals surface area contributed by atoms with Crippen LogP contribution in [-0.2, 0) is 0 Å². The molecular weight excluding hydrogens is 300 g/mol. The van der Waals surface area contributed by atoms with Gasteiger partial charge in [-0.25, -0.2) is 0 Å². The molecule has 0 spiro atoms. The first-order valence-electron chi connectivity index (χ1n) is 11.8. The standard InChI is InChI=1S/C22H44.C3H8/c1-5-8-11-12-13-14-15-17-18-21(4)22(19-10-7-3)20-16-9-6-2;1-3-2/h22H,4-20H2,1-3H3;3H2,1-2H3. The van der Waals surface area contributed by atoms with Crippen molar-refractivity contribution in [3.63, 3.8) is 0 Å². The summed E-state index contributed by atoms with van der Waals surface area (Å²) in [4.78, 5) is 0. The van der Waals surface area contributed by atoms with E-state index >= 15 is 0 Å². The van der Waals surface area contributed by atoms with Crippen LogP contribution < -0.4 is 0 Å². The van der Waals surface area contributed by atoms with Crippen LogP contribution in [0.25, 0.3) is 0 Å². The van der Waals surface area contributed by atoms with Crippen molar-refractivity contribution in [3.05, 3.63) is 12.2 Å². The third-order valence-electron chi connectivity index (χ3n) is 4.99. The lowest BCUT2D eigenvalue weighted by Gasteiger charge is -2.19. The van der Waals surface area contributed by atoms with Crippen LogP contribution in [0, 0.1) is 5.92 Å². The highest BCUT2D eigenvalue weighted by atomic mass is 14.2. The van der Waals surface area contributed by atoms with Gasteiger partial charge in [-0.2, -0.15) is 0 Å². The highest BCUT2D eigenvalue weighted by Crippen LogP contribution is 2.27. The van der Waals surface area contributed by atoms with Crippen molar-refractivity contribution in [1.82, 2.24) is 0 Å². The zero-order valence-corrected chi connectivity index (χ0v) is 18.8. The van der Waals surface area contributed by atoms with E-state index < -0.39 is 0 Å². The highest BCUT2D eigenvalue weighted by Gasteiger charge is 2.11. The van der Waals surface area contributed by atoms with Gasteiger partial charge in [-0.05, 0) is 31.6 Å². The Bertz CT molecular complexity index is 240. The average Bonchev–Trinajstić information content (AvgIpc) is 2.60. The summed E-state index contributed by atoms with van der Waals surface area (Å²) in [6, 6.07) is 0. The molecule has 0 rings (SSSR count). The summed E-state index contributed by atoms with van der Waals surface area (Å²) in [6.07, 6.45) is 23.5. The van der Waals surface area contributed by atoms with Crippen LogP contribution in [0.15, 0.2) is 12.2 Å². The van der Waals surface area contributed by atoms with E-state index in [9.17, 15) is 0 Å². The van der Waals surface area contributed by atoms with Gasteiger partial charge in [-0.3, -0.25) is 0 Å². The van der Waals surface area contributed by atoms with E-state index in [1.165, 1.54) is 109 Å². The SMILES string of the molecule is C=C(CCCCCCCCCC)C(CCCC)CCCCC.CCC. The fourth-order valence-electron chi connectivity index (χ4n) is 3.33. The lowest BCUT2D eigenvalue weighted by molar-refractivity contribution is 0.452. The highest BCUT2D eigenvalue weighted by molar-refractivity contribution is 5.00. The van der Waals surface area contributed by atoms with Gasteiger partial charge in [0.15, 0.2) is 0 Å². The number of allylic oxidation sites excluding steroid dienone is 1. The van der Waals surface area contributed by atoms with Crippen LogP contribution in [0.4, 0.5) is 0 Å². The zero-order chi connectivity index (χ0) is 19.2. The maximum Gasteiger partial charge on any atom is -0.0206 e. The Hall–Kier alpha value is -0.260. The summed E-state index contributed by atoms with van der Waals surface area (Å²) < 4.78 is 0. The quantitative estimate of drug-likeness (QED) is 0.180. The van der Waals surface area contributed by atoms with Crippen LogP contribution in [-0.4, -0.2) is 0 Å². The molecular formula is C25H52. The van der Waals surface area contributed by atoms with Crippen LogP contribution in [0.5, 0.6) is 0 Å².